The Morgan fingerprint density at radius 2 is 0.773 bits per heavy atom. The van der Waals surface area contributed by atoms with Gasteiger partial charge in [-0.2, -0.15) is 0 Å². The van der Waals surface area contributed by atoms with Crippen molar-refractivity contribution in [2.45, 2.75) is 315 Å². The summed E-state index contributed by atoms with van der Waals surface area (Å²) >= 11 is 0. The molecule has 0 saturated heterocycles. The van der Waals surface area contributed by atoms with Gasteiger partial charge in [0.15, 0.2) is 0 Å². The fourth-order valence-electron chi connectivity index (χ4n) is 9.42. The number of likely N-dealkylation sites (N-methyl/N-ethyl adjacent to an activating group) is 1. The van der Waals surface area contributed by atoms with Crippen molar-refractivity contribution < 1.29 is 32.9 Å². The maximum Gasteiger partial charge on any atom is 0.472 e. The van der Waals surface area contributed by atoms with E-state index in [1.807, 2.05) is 27.2 Å². The van der Waals surface area contributed by atoms with E-state index in [9.17, 15) is 19.4 Å². The van der Waals surface area contributed by atoms with E-state index in [-0.39, 0.29) is 19.1 Å². The van der Waals surface area contributed by atoms with E-state index in [4.69, 9.17) is 9.05 Å². The number of unbranched alkanes of at least 4 members (excludes halogenated alkanes) is 38. The van der Waals surface area contributed by atoms with Gasteiger partial charge in [0.2, 0.25) is 5.91 Å². The summed E-state index contributed by atoms with van der Waals surface area (Å²) in [6.07, 6.45) is 77.9. The molecule has 0 aromatic rings. The van der Waals surface area contributed by atoms with Crippen LogP contribution in [0.5, 0.6) is 0 Å². The third-order valence-electron chi connectivity index (χ3n) is 14.5. The summed E-state index contributed by atoms with van der Waals surface area (Å²) in [5.41, 5.74) is 0. The van der Waals surface area contributed by atoms with E-state index in [0.717, 1.165) is 51.4 Å². The van der Waals surface area contributed by atoms with E-state index in [0.29, 0.717) is 17.4 Å². The highest BCUT2D eigenvalue weighted by Crippen LogP contribution is 2.43. The Bertz CT molecular complexity index is 1400. The summed E-state index contributed by atoms with van der Waals surface area (Å²) < 4.78 is 23.7. The van der Waals surface area contributed by atoms with E-state index >= 15 is 0 Å². The van der Waals surface area contributed by atoms with E-state index in [1.165, 1.54) is 231 Å². The molecule has 3 N–H and O–H groups in total. The topological polar surface area (TPSA) is 105 Å². The molecule has 0 aliphatic carbocycles. The molecule has 3 atom stereocenters. The van der Waals surface area contributed by atoms with E-state index in [2.05, 4.69) is 67.8 Å². The highest BCUT2D eigenvalue weighted by molar-refractivity contribution is 7.47. The van der Waals surface area contributed by atoms with Crippen LogP contribution in [0.25, 0.3) is 0 Å². The third kappa shape index (κ3) is 59.7. The Morgan fingerprint density at radius 1 is 0.453 bits per heavy atom. The SMILES string of the molecule is CCCCCCC/C=C\C/C=C\C/C=C\CCCCCCCCCCCCCCCCCCCCCCCCC(=O)NC(COP(=O)(O)OCC[N+](C)(C)C)C(O)/C=C/CC/C=C/CCCCCCCCCCCC. The summed E-state index contributed by atoms with van der Waals surface area (Å²) in [4.78, 5) is 23.3. The molecule has 1 amide bonds. The van der Waals surface area contributed by atoms with Crippen LogP contribution in [0.2, 0.25) is 0 Å². The first-order valence-corrected chi connectivity index (χ1v) is 33.7. The second kappa shape index (κ2) is 56.9. The predicted octanol–water partition coefficient (Wildman–Crippen LogP) is 20.0. The maximum atomic E-state index is 13.0. The maximum absolute atomic E-state index is 13.0. The van der Waals surface area contributed by atoms with Crippen LogP contribution in [0, 0.1) is 0 Å². The molecule has 0 bridgehead atoms. The molecule has 9 heteroatoms. The summed E-state index contributed by atoms with van der Waals surface area (Å²) in [7, 11) is 1.56. The summed E-state index contributed by atoms with van der Waals surface area (Å²) in [6, 6.07) is -0.863. The molecule has 0 aliphatic rings. The molecule has 3 unspecified atom stereocenters. The first-order chi connectivity index (χ1) is 36.5. The number of carbonyl (C=O) groups is 1. The number of carbonyl (C=O) groups excluding carboxylic acids is 1. The zero-order valence-electron chi connectivity index (χ0n) is 50.3. The smallest absolute Gasteiger partial charge is 0.387 e. The van der Waals surface area contributed by atoms with Gasteiger partial charge in [-0.3, -0.25) is 13.8 Å². The highest BCUT2D eigenvalue weighted by atomic mass is 31.2. The van der Waals surface area contributed by atoms with Gasteiger partial charge in [0.05, 0.1) is 39.9 Å². The second-order valence-corrected chi connectivity index (χ2v) is 24.6. The van der Waals surface area contributed by atoms with Crippen LogP contribution >= 0.6 is 7.82 Å². The molecule has 0 radical (unpaired) electrons. The molecule has 440 valence electrons. The second-order valence-electron chi connectivity index (χ2n) is 23.1. The van der Waals surface area contributed by atoms with Crippen molar-refractivity contribution in [2.24, 2.45) is 0 Å². The fourth-order valence-corrected chi connectivity index (χ4v) is 10.2. The van der Waals surface area contributed by atoms with Crippen LogP contribution in [0.1, 0.15) is 303 Å². The van der Waals surface area contributed by atoms with Gasteiger partial charge in [-0.1, -0.05) is 286 Å². The number of nitrogens with one attached hydrogen (secondary N) is 1. The van der Waals surface area contributed by atoms with Gasteiger partial charge in [-0.25, -0.2) is 4.57 Å². The number of hydrogen-bond donors (Lipinski definition) is 3. The van der Waals surface area contributed by atoms with Crippen molar-refractivity contribution >= 4 is 13.7 Å². The van der Waals surface area contributed by atoms with Crippen LogP contribution in [0.3, 0.4) is 0 Å². The summed E-state index contributed by atoms with van der Waals surface area (Å²) in [5.74, 6) is -0.183. The molecule has 0 rings (SSSR count). The lowest BCUT2D eigenvalue weighted by Gasteiger charge is -2.25. The standard InChI is InChI=1S/C66H125N2O6P/c1-6-8-10-12-14-16-18-20-22-24-25-26-27-28-29-30-31-32-33-34-35-36-37-38-39-40-41-42-43-44-46-48-50-52-54-56-58-60-66(70)67-64(63-74-75(71,72)73-62-61-68(3,4)5)65(69)59-57-55-53-51-49-47-45-23-21-19-17-15-13-11-9-7-2/h18,20,24-25,27-28,49,51,57,59,64-65,69H,6-17,19,21-23,26,29-48,50,52-56,58,60-63H2,1-5H3,(H-,67,70,71,72)/p+1/b20-18-,25-24-,28-27-,51-49+,59-57+. The Morgan fingerprint density at radius 3 is 1.16 bits per heavy atom. The summed E-state index contributed by atoms with van der Waals surface area (Å²) in [5, 5.41) is 13.9. The van der Waals surface area contributed by atoms with Crippen LogP contribution in [0.15, 0.2) is 60.8 Å². The van der Waals surface area contributed by atoms with Crippen molar-refractivity contribution in [1.82, 2.24) is 5.32 Å². The van der Waals surface area contributed by atoms with Gasteiger partial charge >= 0.3 is 7.82 Å². The minimum Gasteiger partial charge on any atom is -0.387 e. The molecule has 0 spiro atoms. The number of allylic oxidation sites excluding steroid dienone is 9. The molecular formula is C66H126N2O6P+. The van der Waals surface area contributed by atoms with Crippen molar-refractivity contribution in [3.8, 4) is 0 Å². The average Bonchev–Trinajstić information content (AvgIpc) is 3.37. The first-order valence-electron chi connectivity index (χ1n) is 32.2. The molecule has 8 nitrogen and oxygen atoms in total. The fraction of sp³-hybridized carbons (Fsp3) is 0.833. The van der Waals surface area contributed by atoms with Crippen LogP contribution in [-0.4, -0.2) is 73.4 Å². The number of phosphoric ester groups is 1. The Balaban J connectivity index is 3.98. The average molecular weight is 1070 g/mol. The van der Waals surface area contributed by atoms with Gasteiger partial charge in [0, 0.05) is 6.42 Å². The minimum atomic E-state index is -4.36. The van der Waals surface area contributed by atoms with Gasteiger partial charge in [0.1, 0.15) is 13.2 Å². The van der Waals surface area contributed by atoms with E-state index in [1.54, 1.807) is 6.08 Å². The number of aliphatic hydroxyl groups is 1. The summed E-state index contributed by atoms with van der Waals surface area (Å²) in [6.45, 7) is 4.81. The van der Waals surface area contributed by atoms with Gasteiger partial charge in [-0.15, -0.1) is 0 Å². The largest absolute Gasteiger partial charge is 0.472 e. The Kier molecular flexibility index (Phi) is 55.5. The van der Waals surface area contributed by atoms with Crippen LogP contribution < -0.4 is 5.32 Å². The number of hydrogen-bond acceptors (Lipinski definition) is 5. The van der Waals surface area contributed by atoms with Crippen LogP contribution in [0.4, 0.5) is 0 Å². The van der Waals surface area contributed by atoms with Crippen LogP contribution in [-0.2, 0) is 18.4 Å². The minimum absolute atomic E-state index is 0.0565. The lowest BCUT2D eigenvalue weighted by molar-refractivity contribution is -0.870. The molecular weight excluding hydrogens is 948 g/mol. The zero-order chi connectivity index (χ0) is 54.9. The van der Waals surface area contributed by atoms with Crippen molar-refractivity contribution in [1.29, 1.82) is 0 Å². The third-order valence-corrected chi connectivity index (χ3v) is 15.4. The molecule has 75 heavy (non-hydrogen) atoms. The number of phosphoric acid groups is 1. The molecule has 0 aliphatic heterocycles. The molecule has 0 aromatic carbocycles. The van der Waals surface area contributed by atoms with Crippen molar-refractivity contribution in [3.63, 3.8) is 0 Å². The zero-order valence-corrected chi connectivity index (χ0v) is 51.2. The number of aliphatic hydroxyl groups excluding tert-OH is 1. The lowest BCUT2D eigenvalue weighted by atomic mass is 10.0. The lowest BCUT2D eigenvalue weighted by Crippen LogP contribution is -2.45. The van der Waals surface area contributed by atoms with Crippen molar-refractivity contribution in [2.75, 3.05) is 40.9 Å². The normalized spacial score (nSPS) is 14.2. The number of quaternary nitrogens is 1. The molecule has 0 aromatic heterocycles. The molecule has 0 heterocycles. The number of rotatable bonds is 59. The van der Waals surface area contributed by atoms with Gasteiger partial charge in [-0.05, 0) is 70.6 Å². The van der Waals surface area contributed by atoms with Gasteiger partial charge in [0.25, 0.3) is 0 Å². The molecule has 0 fully saturated rings. The van der Waals surface area contributed by atoms with E-state index < -0.39 is 20.0 Å². The first kappa shape index (κ1) is 73.2. The highest BCUT2D eigenvalue weighted by Gasteiger charge is 2.27. The quantitative estimate of drug-likeness (QED) is 0.0243. The van der Waals surface area contributed by atoms with Crippen molar-refractivity contribution in [3.05, 3.63) is 60.8 Å². The predicted molar refractivity (Wildman–Crippen MR) is 327 cm³/mol. The van der Waals surface area contributed by atoms with Gasteiger partial charge < -0.3 is 19.8 Å². The Hall–Kier alpha value is -1.80. The number of nitrogens with zero attached hydrogens (tertiary/aromatic N) is 1. The molecule has 0 saturated carbocycles. The number of amides is 1. The monoisotopic (exact) mass is 1070 g/mol. The Labute approximate surface area is 466 Å².